The van der Waals surface area contributed by atoms with E-state index in [1.54, 1.807) is 33.3 Å². The molecule has 0 saturated carbocycles. The normalized spacial score (nSPS) is 11.7. The highest BCUT2D eigenvalue weighted by molar-refractivity contribution is 5.83. The van der Waals surface area contributed by atoms with Crippen LogP contribution in [0.25, 0.3) is 0 Å². The molecule has 0 aromatic carbocycles. The van der Waals surface area contributed by atoms with Gasteiger partial charge >= 0.3 is 0 Å². The van der Waals surface area contributed by atoms with E-state index in [4.69, 9.17) is 9.47 Å². The summed E-state index contributed by atoms with van der Waals surface area (Å²) in [6.45, 7) is 2.76. The fourth-order valence-electron chi connectivity index (χ4n) is 1.33. The maximum atomic E-state index is 11.7. The first-order chi connectivity index (χ1) is 8.67. The van der Waals surface area contributed by atoms with Gasteiger partial charge in [-0.2, -0.15) is 4.98 Å². The van der Waals surface area contributed by atoms with E-state index in [0.717, 1.165) is 0 Å². The molecule has 1 rings (SSSR count). The quantitative estimate of drug-likeness (QED) is 0.698. The number of anilines is 1. The minimum absolute atomic E-state index is 0.100. The van der Waals surface area contributed by atoms with Crippen molar-refractivity contribution in [1.82, 2.24) is 10.3 Å². The molecule has 0 aliphatic carbocycles. The molecule has 6 nitrogen and oxygen atoms in total. The standard InChI is InChI=1S/C12H19N3O3/c1-9(12(16)13-7-8-17-2)14-10-5-4-6-11(15-10)18-3/h4-6,9H,7-8H2,1-3H3,(H,13,16)(H,14,15). The topological polar surface area (TPSA) is 72.5 Å². The zero-order valence-electron chi connectivity index (χ0n) is 10.9. The minimum Gasteiger partial charge on any atom is -0.481 e. The molecule has 0 radical (unpaired) electrons. The second kappa shape index (κ2) is 7.50. The number of nitrogens with zero attached hydrogens (tertiary/aromatic N) is 1. The Kier molecular flexibility index (Phi) is 5.93. The van der Waals surface area contributed by atoms with Crippen molar-refractivity contribution in [3.05, 3.63) is 18.2 Å². The summed E-state index contributed by atoms with van der Waals surface area (Å²) in [6.07, 6.45) is 0. The summed E-state index contributed by atoms with van der Waals surface area (Å²) in [4.78, 5) is 15.9. The summed E-state index contributed by atoms with van der Waals surface area (Å²) in [7, 11) is 3.14. The number of amides is 1. The van der Waals surface area contributed by atoms with Gasteiger partial charge in [0.1, 0.15) is 11.9 Å². The number of ether oxygens (including phenoxy) is 2. The Morgan fingerprint density at radius 2 is 2.22 bits per heavy atom. The van der Waals surface area contributed by atoms with Gasteiger partial charge in [0.2, 0.25) is 11.8 Å². The predicted octanol–water partition coefficient (Wildman–Crippen LogP) is 0.653. The Morgan fingerprint density at radius 1 is 1.44 bits per heavy atom. The molecule has 1 heterocycles. The molecule has 6 heteroatoms. The van der Waals surface area contributed by atoms with Gasteiger partial charge in [-0.05, 0) is 13.0 Å². The highest BCUT2D eigenvalue weighted by Crippen LogP contribution is 2.11. The maximum absolute atomic E-state index is 11.7. The van der Waals surface area contributed by atoms with E-state index in [2.05, 4.69) is 15.6 Å². The minimum atomic E-state index is -0.374. The van der Waals surface area contributed by atoms with Gasteiger partial charge in [0.15, 0.2) is 0 Å². The van der Waals surface area contributed by atoms with Crippen molar-refractivity contribution in [2.75, 3.05) is 32.7 Å². The molecule has 1 aromatic rings. The van der Waals surface area contributed by atoms with Crippen LogP contribution in [0.2, 0.25) is 0 Å². The third kappa shape index (κ3) is 4.58. The van der Waals surface area contributed by atoms with Gasteiger partial charge in [-0.1, -0.05) is 6.07 Å². The van der Waals surface area contributed by atoms with Crippen molar-refractivity contribution in [3.8, 4) is 5.88 Å². The van der Waals surface area contributed by atoms with Crippen LogP contribution in [0.3, 0.4) is 0 Å². The number of aromatic nitrogens is 1. The number of hydrogen-bond acceptors (Lipinski definition) is 5. The lowest BCUT2D eigenvalue weighted by Crippen LogP contribution is -2.39. The SMILES string of the molecule is COCCNC(=O)C(C)Nc1cccc(OC)n1. The van der Waals surface area contributed by atoms with E-state index in [9.17, 15) is 4.79 Å². The third-order valence-corrected chi connectivity index (χ3v) is 2.30. The highest BCUT2D eigenvalue weighted by Gasteiger charge is 2.12. The zero-order valence-corrected chi connectivity index (χ0v) is 10.9. The number of pyridine rings is 1. The van der Waals surface area contributed by atoms with Crippen molar-refractivity contribution >= 4 is 11.7 Å². The van der Waals surface area contributed by atoms with Gasteiger partial charge < -0.3 is 20.1 Å². The summed E-state index contributed by atoms with van der Waals surface area (Å²) in [5.41, 5.74) is 0. The number of rotatable bonds is 7. The van der Waals surface area contributed by atoms with Crippen LogP contribution in [0.15, 0.2) is 18.2 Å². The second-order valence-corrected chi connectivity index (χ2v) is 3.72. The van der Waals surface area contributed by atoms with Crippen LogP contribution in [0.5, 0.6) is 5.88 Å². The Hall–Kier alpha value is -1.82. The number of carbonyl (C=O) groups excluding carboxylic acids is 1. The summed E-state index contributed by atoms with van der Waals surface area (Å²) in [5, 5.41) is 5.75. The lowest BCUT2D eigenvalue weighted by Gasteiger charge is -2.14. The molecule has 0 aliphatic rings. The van der Waals surface area contributed by atoms with Crippen molar-refractivity contribution in [3.63, 3.8) is 0 Å². The fraction of sp³-hybridized carbons (Fsp3) is 0.500. The van der Waals surface area contributed by atoms with E-state index in [-0.39, 0.29) is 11.9 Å². The van der Waals surface area contributed by atoms with Crippen LogP contribution < -0.4 is 15.4 Å². The second-order valence-electron chi connectivity index (χ2n) is 3.72. The Morgan fingerprint density at radius 3 is 2.89 bits per heavy atom. The van der Waals surface area contributed by atoms with Crippen LogP contribution in [0.4, 0.5) is 5.82 Å². The molecule has 1 atom stereocenters. The molecule has 0 fully saturated rings. The van der Waals surface area contributed by atoms with Crippen LogP contribution in [-0.4, -0.2) is 44.3 Å². The number of hydrogen-bond donors (Lipinski definition) is 2. The molecule has 0 spiro atoms. The number of carbonyl (C=O) groups is 1. The van der Waals surface area contributed by atoms with Crippen LogP contribution in [0, 0.1) is 0 Å². The first kappa shape index (κ1) is 14.2. The summed E-state index contributed by atoms with van der Waals surface area (Å²) in [6, 6.07) is 4.96. The summed E-state index contributed by atoms with van der Waals surface area (Å²) in [5.74, 6) is 1.01. The zero-order chi connectivity index (χ0) is 13.4. The van der Waals surface area contributed by atoms with Gasteiger partial charge in [-0.3, -0.25) is 4.79 Å². The van der Waals surface area contributed by atoms with Crippen LogP contribution >= 0.6 is 0 Å². The average molecular weight is 253 g/mol. The molecule has 100 valence electrons. The van der Waals surface area contributed by atoms with Crippen LogP contribution in [-0.2, 0) is 9.53 Å². The molecule has 0 aliphatic heterocycles. The molecule has 0 saturated heterocycles. The van der Waals surface area contributed by atoms with Gasteiger partial charge in [-0.15, -0.1) is 0 Å². The highest BCUT2D eigenvalue weighted by atomic mass is 16.5. The molecule has 1 unspecified atom stereocenters. The molecule has 1 aromatic heterocycles. The van der Waals surface area contributed by atoms with Crippen molar-refractivity contribution in [2.45, 2.75) is 13.0 Å². The van der Waals surface area contributed by atoms with E-state index >= 15 is 0 Å². The van der Waals surface area contributed by atoms with E-state index in [0.29, 0.717) is 24.8 Å². The first-order valence-electron chi connectivity index (χ1n) is 5.71. The van der Waals surface area contributed by atoms with E-state index in [1.165, 1.54) is 0 Å². The van der Waals surface area contributed by atoms with E-state index < -0.39 is 0 Å². The first-order valence-corrected chi connectivity index (χ1v) is 5.71. The monoisotopic (exact) mass is 253 g/mol. The fourth-order valence-corrected chi connectivity index (χ4v) is 1.33. The molecular weight excluding hydrogens is 234 g/mol. The van der Waals surface area contributed by atoms with Gasteiger partial charge in [-0.25, -0.2) is 0 Å². The molecular formula is C12H19N3O3. The lowest BCUT2D eigenvalue weighted by atomic mass is 10.3. The maximum Gasteiger partial charge on any atom is 0.242 e. The van der Waals surface area contributed by atoms with Gasteiger partial charge in [0.05, 0.1) is 13.7 Å². The summed E-state index contributed by atoms with van der Waals surface area (Å²) >= 11 is 0. The Bertz CT molecular complexity index is 385. The largest absolute Gasteiger partial charge is 0.481 e. The lowest BCUT2D eigenvalue weighted by molar-refractivity contribution is -0.121. The van der Waals surface area contributed by atoms with Gasteiger partial charge in [0, 0.05) is 19.7 Å². The molecule has 0 bridgehead atoms. The van der Waals surface area contributed by atoms with Crippen LogP contribution in [0.1, 0.15) is 6.92 Å². The molecule has 18 heavy (non-hydrogen) atoms. The summed E-state index contributed by atoms with van der Waals surface area (Å²) < 4.78 is 9.86. The van der Waals surface area contributed by atoms with Gasteiger partial charge in [0.25, 0.3) is 0 Å². The van der Waals surface area contributed by atoms with Crippen molar-refractivity contribution in [1.29, 1.82) is 0 Å². The smallest absolute Gasteiger partial charge is 0.242 e. The molecule has 2 N–H and O–H groups in total. The number of methoxy groups -OCH3 is 2. The van der Waals surface area contributed by atoms with Crippen molar-refractivity contribution < 1.29 is 14.3 Å². The van der Waals surface area contributed by atoms with Crippen molar-refractivity contribution in [2.24, 2.45) is 0 Å². The number of nitrogens with one attached hydrogen (secondary N) is 2. The average Bonchev–Trinajstić information content (AvgIpc) is 2.39. The Labute approximate surface area is 107 Å². The molecule has 1 amide bonds. The Balaban J connectivity index is 2.47. The predicted molar refractivity (Wildman–Crippen MR) is 68.8 cm³/mol. The third-order valence-electron chi connectivity index (χ3n) is 2.30. The van der Waals surface area contributed by atoms with E-state index in [1.807, 2.05) is 6.07 Å².